The van der Waals surface area contributed by atoms with E-state index in [2.05, 4.69) is 10.3 Å². The average Bonchev–Trinajstić information content (AvgIpc) is 2.53. The maximum Gasteiger partial charge on any atom is 0.243 e. The fraction of sp³-hybridized carbons (Fsp3) is 0.188. The molecule has 0 aliphatic rings. The zero-order valence-electron chi connectivity index (χ0n) is 12.7. The smallest absolute Gasteiger partial charge is 0.243 e. The second-order valence-electron chi connectivity index (χ2n) is 5.07. The molecule has 126 valence electrons. The number of halogens is 3. The van der Waals surface area contributed by atoms with Gasteiger partial charge in [-0.15, -0.1) is 0 Å². The zero-order valence-corrected chi connectivity index (χ0v) is 14.2. The normalized spacial score (nSPS) is 10.3. The van der Waals surface area contributed by atoms with Gasteiger partial charge in [-0.2, -0.15) is 0 Å². The van der Waals surface area contributed by atoms with E-state index in [0.29, 0.717) is 21.4 Å². The maximum absolute atomic E-state index is 12.8. The number of amides is 2. The highest BCUT2D eigenvalue weighted by Crippen LogP contribution is 2.24. The van der Waals surface area contributed by atoms with Crippen LogP contribution in [-0.4, -0.2) is 35.3 Å². The van der Waals surface area contributed by atoms with E-state index in [1.54, 1.807) is 12.1 Å². The molecule has 1 aromatic heterocycles. The standard InChI is InChI=1S/C16H14Cl2FN3O2/c1-22(16(24)7-11-3-2-10(19)8-20-11)9-15(23)21-12-4-5-13(17)14(18)6-12/h2-6,8H,7,9H2,1H3,(H,21,23). The Kier molecular flexibility index (Phi) is 6.11. The zero-order chi connectivity index (χ0) is 17.7. The Bertz CT molecular complexity index is 753. The van der Waals surface area contributed by atoms with Gasteiger partial charge in [0.25, 0.3) is 0 Å². The van der Waals surface area contributed by atoms with Crippen molar-refractivity contribution in [1.82, 2.24) is 9.88 Å². The molecule has 1 N–H and O–H groups in total. The van der Waals surface area contributed by atoms with E-state index in [0.717, 1.165) is 6.20 Å². The van der Waals surface area contributed by atoms with Gasteiger partial charge in [-0.3, -0.25) is 14.6 Å². The minimum Gasteiger partial charge on any atom is -0.336 e. The van der Waals surface area contributed by atoms with Gasteiger partial charge in [0, 0.05) is 18.4 Å². The van der Waals surface area contributed by atoms with Crippen LogP contribution in [0.4, 0.5) is 10.1 Å². The molecule has 0 aliphatic heterocycles. The highest BCUT2D eigenvalue weighted by atomic mass is 35.5. The fourth-order valence-corrected chi connectivity index (χ4v) is 2.18. The van der Waals surface area contributed by atoms with E-state index in [1.165, 1.54) is 30.1 Å². The summed E-state index contributed by atoms with van der Waals surface area (Å²) in [6.45, 7) is -0.139. The number of hydrogen-bond acceptors (Lipinski definition) is 3. The number of nitrogens with one attached hydrogen (secondary N) is 1. The van der Waals surface area contributed by atoms with Gasteiger partial charge < -0.3 is 10.2 Å². The minimum atomic E-state index is -0.472. The lowest BCUT2D eigenvalue weighted by Crippen LogP contribution is -2.35. The van der Waals surface area contributed by atoms with E-state index in [4.69, 9.17) is 23.2 Å². The monoisotopic (exact) mass is 369 g/mol. The summed E-state index contributed by atoms with van der Waals surface area (Å²) >= 11 is 11.7. The van der Waals surface area contributed by atoms with Crippen LogP contribution < -0.4 is 5.32 Å². The van der Waals surface area contributed by atoms with Crippen LogP contribution in [0.5, 0.6) is 0 Å². The van der Waals surface area contributed by atoms with Crippen LogP contribution in [0.2, 0.25) is 10.0 Å². The minimum absolute atomic E-state index is 0.0170. The predicted octanol–water partition coefficient (Wildman–Crippen LogP) is 3.17. The van der Waals surface area contributed by atoms with E-state index >= 15 is 0 Å². The van der Waals surface area contributed by atoms with Crippen molar-refractivity contribution in [1.29, 1.82) is 0 Å². The van der Waals surface area contributed by atoms with Gasteiger partial charge in [-0.1, -0.05) is 23.2 Å². The number of hydrogen-bond donors (Lipinski definition) is 1. The lowest BCUT2D eigenvalue weighted by Gasteiger charge is -2.16. The molecule has 0 saturated heterocycles. The molecule has 2 aromatic rings. The number of anilines is 1. The molecular weight excluding hydrogens is 356 g/mol. The Morgan fingerprint density at radius 3 is 2.58 bits per heavy atom. The Morgan fingerprint density at radius 1 is 1.21 bits per heavy atom. The molecule has 0 bridgehead atoms. The van der Waals surface area contributed by atoms with Crippen LogP contribution >= 0.6 is 23.2 Å². The molecule has 0 radical (unpaired) electrons. The Hall–Kier alpha value is -2.18. The quantitative estimate of drug-likeness (QED) is 0.880. The predicted molar refractivity (Wildman–Crippen MR) is 90.6 cm³/mol. The van der Waals surface area contributed by atoms with Crippen molar-refractivity contribution in [3.63, 3.8) is 0 Å². The van der Waals surface area contributed by atoms with Crippen LogP contribution in [0.3, 0.4) is 0 Å². The van der Waals surface area contributed by atoms with Crippen molar-refractivity contribution in [3.8, 4) is 0 Å². The molecule has 0 fully saturated rings. The van der Waals surface area contributed by atoms with Gasteiger partial charge in [0.05, 0.1) is 29.2 Å². The number of pyridine rings is 1. The van der Waals surface area contributed by atoms with Crippen molar-refractivity contribution in [3.05, 3.63) is 58.1 Å². The highest BCUT2D eigenvalue weighted by Gasteiger charge is 2.14. The van der Waals surface area contributed by atoms with Crippen molar-refractivity contribution < 1.29 is 14.0 Å². The van der Waals surface area contributed by atoms with Gasteiger partial charge in [0.15, 0.2) is 0 Å². The number of aromatic nitrogens is 1. The number of nitrogens with zero attached hydrogens (tertiary/aromatic N) is 2. The first-order chi connectivity index (χ1) is 11.3. The molecule has 24 heavy (non-hydrogen) atoms. The summed E-state index contributed by atoms with van der Waals surface area (Å²) in [7, 11) is 1.50. The van der Waals surface area contributed by atoms with Crippen LogP contribution in [-0.2, 0) is 16.0 Å². The lowest BCUT2D eigenvalue weighted by molar-refractivity contribution is -0.132. The molecule has 1 heterocycles. The molecule has 0 atom stereocenters. The summed E-state index contributed by atoms with van der Waals surface area (Å²) in [5, 5.41) is 3.33. The molecule has 0 spiro atoms. The third kappa shape index (κ3) is 5.18. The van der Waals surface area contributed by atoms with Gasteiger partial charge in [0.2, 0.25) is 11.8 Å². The van der Waals surface area contributed by atoms with Crippen molar-refractivity contribution in [2.75, 3.05) is 18.9 Å². The summed E-state index contributed by atoms with van der Waals surface area (Å²) in [5.74, 6) is -1.16. The van der Waals surface area contributed by atoms with Gasteiger partial charge in [-0.05, 0) is 30.3 Å². The first-order valence-electron chi connectivity index (χ1n) is 6.94. The van der Waals surface area contributed by atoms with Crippen LogP contribution in [0.15, 0.2) is 36.5 Å². The van der Waals surface area contributed by atoms with E-state index in [-0.39, 0.29) is 24.8 Å². The largest absolute Gasteiger partial charge is 0.336 e. The Labute approximate surface area is 148 Å². The average molecular weight is 370 g/mol. The topological polar surface area (TPSA) is 62.3 Å². The van der Waals surface area contributed by atoms with E-state index in [1.807, 2.05) is 0 Å². The Morgan fingerprint density at radius 2 is 1.96 bits per heavy atom. The van der Waals surface area contributed by atoms with Gasteiger partial charge in [-0.25, -0.2) is 4.39 Å². The summed E-state index contributed by atoms with van der Waals surface area (Å²) < 4.78 is 12.8. The summed E-state index contributed by atoms with van der Waals surface area (Å²) in [6, 6.07) is 7.35. The molecule has 1 aromatic carbocycles. The van der Waals surface area contributed by atoms with Crippen molar-refractivity contribution >= 4 is 40.7 Å². The summed E-state index contributed by atoms with van der Waals surface area (Å²) in [6.07, 6.45) is 1.02. The van der Waals surface area contributed by atoms with Crippen LogP contribution in [0, 0.1) is 5.82 Å². The summed E-state index contributed by atoms with van der Waals surface area (Å²) in [5.41, 5.74) is 0.911. The van der Waals surface area contributed by atoms with Crippen molar-refractivity contribution in [2.45, 2.75) is 6.42 Å². The number of benzene rings is 1. The molecule has 0 aliphatic carbocycles. The second-order valence-corrected chi connectivity index (χ2v) is 5.89. The molecule has 5 nitrogen and oxygen atoms in total. The molecule has 2 amide bonds. The summed E-state index contributed by atoms with van der Waals surface area (Å²) in [4.78, 5) is 29.1. The molecule has 0 unspecified atom stereocenters. The van der Waals surface area contributed by atoms with Gasteiger partial charge >= 0.3 is 0 Å². The number of likely N-dealkylation sites (N-methyl/N-ethyl adjacent to an activating group) is 1. The first kappa shape index (κ1) is 18.2. The lowest BCUT2D eigenvalue weighted by atomic mass is 10.2. The molecule has 2 rings (SSSR count). The molecular formula is C16H14Cl2FN3O2. The highest BCUT2D eigenvalue weighted by molar-refractivity contribution is 6.42. The molecule has 0 saturated carbocycles. The number of carbonyl (C=O) groups excluding carboxylic acids is 2. The van der Waals surface area contributed by atoms with Crippen LogP contribution in [0.1, 0.15) is 5.69 Å². The third-order valence-corrected chi connectivity index (χ3v) is 3.87. The molecule has 8 heteroatoms. The first-order valence-corrected chi connectivity index (χ1v) is 7.70. The third-order valence-electron chi connectivity index (χ3n) is 3.13. The van der Waals surface area contributed by atoms with E-state index < -0.39 is 5.82 Å². The number of rotatable bonds is 5. The number of carbonyl (C=O) groups is 2. The van der Waals surface area contributed by atoms with E-state index in [9.17, 15) is 14.0 Å². The van der Waals surface area contributed by atoms with Crippen molar-refractivity contribution in [2.24, 2.45) is 0 Å². The Balaban J connectivity index is 1.89. The van der Waals surface area contributed by atoms with Crippen LogP contribution in [0.25, 0.3) is 0 Å². The fourth-order valence-electron chi connectivity index (χ4n) is 1.88. The second kappa shape index (κ2) is 8.08. The maximum atomic E-state index is 12.8. The van der Waals surface area contributed by atoms with Gasteiger partial charge in [0.1, 0.15) is 5.82 Å². The SMILES string of the molecule is CN(CC(=O)Nc1ccc(Cl)c(Cl)c1)C(=O)Cc1ccc(F)cn1.